The number of urea groups is 1. The Balaban J connectivity index is 2.03. The molecule has 0 atom stereocenters. The fraction of sp³-hybridized carbons (Fsp3) is 0.450. The van der Waals surface area contributed by atoms with Crippen LogP contribution in [0.2, 0.25) is 0 Å². The number of hydrogen-bond donors (Lipinski definition) is 1. The Kier molecular flexibility index (Phi) is 5.83. The SMILES string of the molecule is CCCN(C(=O)NC=O)c1cncc2c(C3CCN(C)CC3)cccc12. The molecule has 0 spiro atoms. The van der Waals surface area contributed by atoms with E-state index in [-0.39, 0.29) is 0 Å². The zero-order valence-corrected chi connectivity index (χ0v) is 15.4. The van der Waals surface area contributed by atoms with Crippen LogP contribution in [0.4, 0.5) is 10.5 Å². The number of anilines is 1. The standard InChI is InChI=1S/C20H26N4O2/c1-3-9-24(20(26)22-14-25)19-13-21-12-18-16(5-4-6-17(18)19)15-7-10-23(2)11-8-15/h4-6,12-15H,3,7-11H2,1-2H3,(H,22,25,26). The molecular weight excluding hydrogens is 328 g/mol. The minimum absolute atomic E-state index is 0.416. The Hall–Kier alpha value is -2.47. The molecule has 1 N–H and O–H groups in total. The summed E-state index contributed by atoms with van der Waals surface area (Å²) < 4.78 is 0. The van der Waals surface area contributed by atoms with E-state index in [0.29, 0.717) is 18.9 Å². The fourth-order valence-corrected chi connectivity index (χ4v) is 3.78. The van der Waals surface area contributed by atoms with E-state index >= 15 is 0 Å². The van der Waals surface area contributed by atoms with Crippen LogP contribution in [0.15, 0.2) is 30.6 Å². The molecule has 1 aromatic heterocycles. The Morgan fingerprint density at radius 3 is 2.77 bits per heavy atom. The molecule has 1 aliphatic rings. The Morgan fingerprint density at radius 2 is 2.08 bits per heavy atom. The molecule has 6 nitrogen and oxygen atoms in total. The number of carbonyl (C=O) groups is 2. The van der Waals surface area contributed by atoms with Crippen LogP contribution in [0.25, 0.3) is 10.8 Å². The van der Waals surface area contributed by atoms with E-state index < -0.39 is 6.03 Å². The predicted octanol–water partition coefficient (Wildman–Crippen LogP) is 3.13. The Morgan fingerprint density at radius 1 is 1.31 bits per heavy atom. The minimum atomic E-state index is -0.416. The van der Waals surface area contributed by atoms with Crippen molar-refractivity contribution < 1.29 is 9.59 Å². The molecule has 1 aromatic carbocycles. The summed E-state index contributed by atoms with van der Waals surface area (Å²) in [5, 5.41) is 4.35. The number of nitrogens with one attached hydrogen (secondary N) is 1. The van der Waals surface area contributed by atoms with Crippen LogP contribution in [0.3, 0.4) is 0 Å². The van der Waals surface area contributed by atoms with Crippen LogP contribution in [-0.2, 0) is 4.79 Å². The molecule has 1 aliphatic heterocycles. The lowest BCUT2D eigenvalue weighted by Crippen LogP contribution is -2.40. The monoisotopic (exact) mass is 354 g/mol. The molecule has 0 saturated carbocycles. The highest BCUT2D eigenvalue weighted by Crippen LogP contribution is 2.35. The average molecular weight is 354 g/mol. The number of nitrogens with zero attached hydrogens (tertiary/aromatic N) is 3. The third-order valence-electron chi connectivity index (χ3n) is 5.14. The first-order valence-electron chi connectivity index (χ1n) is 9.22. The number of pyridine rings is 1. The lowest BCUT2D eigenvalue weighted by molar-refractivity contribution is -0.108. The normalized spacial score (nSPS) is 15.8. The lowest BCUT2D eigenvalue weighted by Gasteiger charge is -2.30. The van der Waals surface area contributed by atoms with Gasteiger partial charge in [-0.3, -0.25) is 20.0 Å². The number of carbonyl (C=O) groups excluding carboxylic acids is 2. The van der Waals surface area contributed by atoms with Crippen molar-refractivity contribution in [2.24, 2.45) is 0 Å². The van der Waals surface area contributed by atoms with Crippen molar-refractivity contribution in [2.75, 3.05) is 31.6 Å². The molecule has 2 aromatic rings. The van der Waals surface area contributed by atoms with Crippen LogP contribution in [0.5, 0.6) is 0 Å². The van der Waals surface area contributed by atoms with E-state index in [9.17, 15) is 9.59 Å². The van der Waals surface area contributed by atoms with Crippen molar-refractivity contribution in [1.82, 2.24) is 15.2 Å². The van der Waals surface area contributed by atoms with Gasteiger partial charge in [-0.25, -0.2) is 4.79 Å². The van der Waals surface area contributed by atoms with E-state index in [1.807, 2.05) is 19.2 Å². The second-order valence-electron chi connectivity index (χ2n) is 6.90. The first-order valence-corrected chi connectivity index (χ1v) is 9.22. The van der Waals surface area contributed by atoms with Crippen molar-refractivity contribution in [1.29, 1.82) is 0 Å². The van der Waals surface area contributed by atoms with Gasteiger partial charge in [0.2, 0.25) is 6.41 Å². The number of likely N-dealkylation sites (tertiary alicyclic amines) is 1. The zero-order valence-electron chi connectivity index (χ0n) is 15.4. The molecule has 1 saturated heterocycles. The second kappa shape index (κ2) is 8.27. The summed E-state index contributed by atoms with van der Waals surface area (Å²) in [5.74, 6) is 0.510. The van der Waals surface area contributed by atoms with Gasteiger partial charge in [-0.1, -0.05) is 25.1 Å². The smallest absolute Gasteiger partial charge is 0.306 e. The fourth-order valence-electron chi connectivity index (χ4n) is 3.78. The summed E-state index contributed by atoms with van der Waals surface area (Å²) in [5.41, 5.74) is 2.05. The largest absolute Gasteiger partial charge is 0.328 e. The maximum absolute atomic E-state index is 12.4. The number of fused-ring (bicyclic) bond motifs is 1. The number of hydrogen-bond acceptors (Lipinski definition) is 4. The molecule has 0 radical (unpaired) electrons. The maximum Gasteiger partial charge on any atom is 0.328 e. The molecule has 2 heterocycles. The number of benzene rings is 1. The van der Waals surface area contributed by atoms with Crippen LogP contribution >= 0.6 is 0 Å². The van der Waals surface area contributed by atoms with E-state index in [1.165, 1.54) is 5.56 Å². The zero-order chi connectivity index (χ0) is 18.5. The van der Waals surface area contributed by atoms with E-state index in [1.54, 1.807) is 11.1 Å². The van der Waals surface area contributed by atoms with Gasteiger partial charge in [0.15, 0.2) is 0 Å². The van der Waals surface area contributed by atoms with Crippen LogP contribution in [-0.4, -0.2) is 49.0 Å². The maximum atomic E-state index is 12.4. The highest BCUT2D eigenvalue weighted by atomic mass is 16.2. The van der Waals surface area contributed by atoms with Crippen LogP contribution in [0, 0.1) is 0 Å². The van der Waals surface area contributed by atoms with E-state index in [4.69, 9.17) is 0 Å². The molecular formula is C20H26N4O2. The topological polar surface area (TPSA) is 65.5 Å². The first kappa shape index (κ1) is 18.3. The first-order chi connectivity index (χ1) is 12.7. The van der Waals surface area contributed by atoms with Gasteiger partial charge in [0.25, 0.3) is 0 Å². The number of aromatic nitrogens is 1. The van der Waals surface area contributed by atoms with Gasteiger partial charge in [0.05, 0.1) is 11.9 Å². The third kappa shape index (κ3) is 3.70. The minimum Gasteiger partial charge on any atom is -0.306 e. The van der Waals surface area contributed by atoms with Gasteiger partial charge in [0.1, 0.15) is 0 Å². The van der Waals surface area contributed by atoms with Crippen molar-refractivity contribution in [2.45, 2.75) is 32.1 Å². The number of rotatable bonds is 5. The van der Waals surface area contributed by atoms with Crippen molar-refractivity contribution in [3.8, 4) is 0 Å². The van der Waals surface area contributed by atoms with Gasteiger partial charge in [-0.2, -0.15) is 0 Å². The molecule has 0 aliphatic carbocycles. The van der Waals surface area contributed by atoms with Crippen molar-refractivity contribution in [3.63, 3.8) is 0 Å². The molecule has 3 rings (SSSR count). The number of imide groups is 1. The summed E-state index contributed by atoms with van der Waals surface area (Å²) in [4.78, 5) is 31.4. The van der Waals surface area contributed by atoms with Gasteiger partial charge >= 0.3 is 6.03 Å². The second-order valence-corrected chi connectivity index (χ2v) is 6.90. The average Bonchev–Trinajstić information content (AvgIpc) is 2.66. The van der Waals surface area contributed by atoms with Crippen molar-refractivity contribution >= 4 is 28.9 Å². The molecule has 0 bridgehead atoms. The highest BCUT2D eigenvalue weighted by Gasteiger charge is 2.22. The summed E-state index contributed by atoms with van der Waals surface area (Å²) in [6.07, 6.45) is 7.08. The third-order valence-corrected chi connectivity index (χ3v) is 5.14. The van der Waals surface area contributed by atoms with Crippen molar-refractivity contribution in [3.05, 3.63) is 36.2 Å². The van der Waals surface area contributed by atoms with E-state index in [0.717, 1.165) is 48.8 Å². The van der Waals surface area contributed by atoms with Gasteiger partial charge in [-0.15, -0.1) is 0 Å². The summed E-state index contributed by atoms with van der Waals surface area (Å²) in [6.45, 7) is 4.72. The molecule has 138 valence electrons. The molecule has 0 unspecified atom stereocenters. The van der Waals surface area contributed by atoms with E-state index in [2.05, 4.69) is 34.4 Å². The number of piperidine rings is 1. The highest BCUT2D eigenvalue weighted by molar-refractivity contribution is 6.05. The summed E-state index contributed by atoms with van der Waals surface area (Å²) in [7, 11) is 2.16. The van der Waals surface area contributed by atoms with Gasteiger partial charge in [-0.05, 0) is 50.9 Å². The Labute approximate surface area is 154 Å². The molecule has 26 heavy (non-hydrogen) atoms. The molecule has 1 fully saturated rings. The quantitative estimate of drug-likeness (QED) is 0.838. The molecule has 3 amide bonds. The summed E-state index contributed by atoms with van der Waals surface area (Å²) >= 11 is 0. The van der Waals surface area contributed by atoms with Gasteiger partial charge < -0.3 is 4.90 Å². The van der Waals surface area contributed by atoms with Crippen LogP contribution < -0.4 is 10.2 Å². The van der Waals surface area contributed by atoms with Gasteiger partial charge in [0, 0.05) is 23.5 Å². The summed E-state index contributed by atoms with van der Waals surface area (Å²) in [6, 6.07) is 5.85. The number of amides is 3. The lowest BCUT2D eigenvalue weighted by atomic mass is 9.87. The Bertz CT molecular complexity index is 784. The van der Waals surface area contributed by atoms with Crippen LogP contribution in [0.1, 0.15) is 37.7 Å². The molecule has 6 heteroatoms. The predicted molar refractivity (Wildman–Crippen MR) is 103 cm³/mol.